The fourth-order valence-corrected chi connectivity index (χ4v) is 0.995. The van der Waals surface area contributed by atoms with Crippen LogP contribution in [0.4, 0.5) is 4.79 Å². The van der Waals surface area contributed by atoms with Crippen LogP contribution in [0.25, 0.3) is 0 Å². The van der Waals surface area contributed by atoms with Gasteiger partial charge >= 0.3 is 6.03 Å². The van der Waals surface area contributed by atoms with Crippen LogP contribution in [-0.4, -0.2) is 23.4 Å². The van der Waals surface area contributed by atoms with E-state index in [1.165, 1.54) is 4.90 Å². The van der Waals surface area contributed by atoms with Crippen LogP contribution in [0.1, 0.15) is 6.92 Å². The highest BCUT2D eigenvalue weighted by Gasteiger charge is 2.20. The Hall–Kier alpha value is -1.62. The minimum Gasteiger partial charge on any atom is -0.313 e. The van der Waals surface area contributed by atoms with Gasteiger partial charge < -0.3 is 5.73 Å². The minimum atomic E-state index is -0.261. The van der Waals surface area contributed by atoms with Gasteiger partial charge in [-0.05, 0) is 13.0 Å². The van der Waals surface area contributed by atoms with Gasteiger partial charge in [-0.2, -0.15) is 0 Å². The van der Waals surface area contributed by atoms with Gasteiger partial charge in [0.1, 0.15) is 11.7 Å². The van der Waals surface area contributed by atoms with E-state index in [1.807, 2.05) is 0 Å². The van der Waals surface area contributed by atoms with Gasteiger partial charge in [0.05, 0.1) is 6.67 Å². The number of aliphatic imine (C=N–C) groups is 1. The predicted molar refractivity (Wildman–Crippen MR) is 50.8 cm³/mol. The highest BCUT2D eigenvalue weighted by Crippen LogP contribution is 2.09. The van der Waals surface area contributed by atoms with Crippen molar-refractivity contribution in [1.29, 1.82) is 0 Å². The van der Waals surface area contributed by atoms with Crippen molar-refractivity contribution in [2.45, 2.75) is 6.92 Å². The summed E-state index contributed by atoms with van der Waals surface area (Å²) in [6.45, 7) is 5.34. The first-order chi connectivity index (χ1) is 6.19. The fourth-order valence-electron chi connectivity index (χ4n) is 0.995. The first-order valence-corrected chi connectivity index (χ1v) is 3.85. The number of hydrogen-bond donors (Lipinski definition) is 2. The minimum absolute atomic E-state index is 0.0995. The van der Waals surface area contributed by atoms with Crippen molar-refractivity contribution in [3.63, 3.8) is 0 Å². The van der Waals surface area contributed by atoms with Crippen molar-refractivity contribution in [2.75, 3.05) is 6.67 Å². The van der Waals surface area contributed by atoms with E-state index < -0.39 is 0 Å². The lowest BCUT2D eigenvalue weighted by Crippen LogP contribution is -2.47. The second kappa shape index (κ2) is 3.86. The zero-order valence-electron chi connectivity index (χ0n) is 7.45. The van der Waals surface area contributed by atoms with Gasteiger partial charge in [0, 0.05) is 0 Å². The molecule has 0 aromatic carbocycles. The van der Waals surface area contributed by atoms with Crippen LogP contribution in [0.3, 0.4) is 0 Å². The Bertz CT molecular complexity index is 293. The van der Waals surface area contributed by atoms with E-state index in [9.17, 15) is 4.79 Å². The molecular weight excluding hydrogens is 168 g/mol. The zero-order valence-corrected chi connectivity index (χ0v) is 7.45. The molecule has 0 aliphatic carbocycles. The number of carbonyl (C=O) groups excluding carboxylic acids is 1. The highest BCUT2D eigenvalue weighted by molar-refractivity contribution is 5.99. The SMILES string of the molecule is C=C/C=C1/N=C(C)NC(=O)N1CN. The molecule has 0 aromatic heterocycles. The van der Waals surface area contributed by atoms with Crippen LogP contribution in [0.15, 0.2) is 29.5 Å². The number of nitrogens with two attached hydrogens (primary N) is 1. The molecule has 0 atom stereocenters. The third-order valence-electron chi connectivity index (χ3n) is 1.54. The van der Waals surface area contributed by atoms with Gasteiger partial charge in [-0.25, -0.2) is 9.79 Å². The molecule has 0 fully saturated rings. The van der Waals surface area contributed by atoms with Gasteiger partial charge in [0.2, 0.25) is 0 Å². The molecular formula is C8H12N4O. The van der Waals surface area contributed by atoms with E-state index in [4.69, 9.17) is 5.73 Å². The number of amidine groups is 1. The first-order valence-electron chi connectivity index (χ1n) is 3.85. The molecule has 3 N–H and O–H groups in total. The molecule has 0 bridgehead atoms. The van der Waals surface area contributed by atoms with Gasteiger partial charge in [0.25, 0.3) is 0 Å². The van der Waals surface area contributed by atoms with Crippen molar-refractivity contribution in [3.8, 4) is 0 Å². The third-order valence-corrected chi connectivity index (χ3v) is 1.54. The molecule has 1 heterocycles. The number of carbonyl (C=O) groups is 1. The van der Waals surface area contributed by atoms with E-state index >= 15 is 0 Å². The Labute approximate surface area is 76.6 Å². The van der Waals surface area contributed by atoms with E-state index in [0.717, 1.165) is 0 Å². The molecule has 70 valence electrons. The van der Waals surface area contributed by atoms with Crippen LogP contribution in [0, 0.1) is 0 Å². The van der Waals surface area contributed by atoms with Crippen molar-refractivity contribution < 1.29 is 4.79 Å². The smallest absolute Gasteiger partial charge is 0.313 e. The van der Waals surface area contributed by atoms with Gasteiger partial charge in [-0.3, -0.25) is 10.2 Å². The number of hydrogen-bond acceptors (Lipinski definition) is 3. The molecule has 1 aliphatic heterocycles. The average molecular weight is 180 g/mol. The topological polar surface area (TPSA) is 70.7 Å². The summed E-state index contributed by atoms with van der Waals surface area (Å²) in [5, 5.41) is 2.55. The largest absolute Gasteiger partial charge is 0.329 e. The van der Waals surface area contributed by atoms with Crippen LogP contribution in [0.2, 0.25) is 0 Å². The lowest BCUT2D eigenvalue weighted by molar-refractivity contribution is 0.214. The highest BCUT2D eigenvalue weighted by atomic mass is 16.2. The standard InChI is InChI=1S/C8H12N4O/c1-3-4-7-10-6(2)11-8(13)12(7)5-9/h3-4H,1,5,9H2,2H3,(H,10,11,13)/b7-4-. The number of nitrogens with one attached hydrogen (secondary N) is 1. The summed E-state index contributed by atoms with van der Waals surface area (Å²) in [6.07, 6.45) is 3.20. The number of urea groups is 1. The Morgan fingerprint density at radius 3 is 3.00 bits per heavy atom. The summed E-state index contributed by atoms with van der Waals surface area (Å²) in [6, 6.07) is -0.261. The molecule has 0 radical (unpaired) electrons. The fraction of sp³-hybridized carbons (Fsp3) is 0.250. The summed E-state index contributed by atoms with van der Waals surface area (Å²) in [5.41, 5.74) is 5.38. The molecule has 2 amide bonds. The monoisotopic (exact) mass is 180 g/mol. The second-order valence-corrected chi connectivity index (χ2v) is 2.50. The average Bonchev–Trinajstić information content (AvgIpc) is 2.04. The van der Waals surface area contributed by atoms with Crippen molar-refractivity contribution in [1.82, 2.24) is 10.2 Å². The third kappa shape index (κ3) is 1.94. The van der Waals surface area contributed by atoms with Gasteiger partial charge in [-0.15, -0.1) is 0 Å². The maximum Gasteiger partial charge on any atom is 0.329 e. The Morgan fingerprint density at radius 2 is 2.46 bits per heavy atom. The maximum absolute atomic E-state index is 11.3. The number of nitrogens with zero attached hydrogens (tertiary/aromatic N) is 2. The normalized spacial score (nSPS) is 19.8. The molecule has 0 spiro atoms. The molecule has 5 heteroatoms. The second-order valence-electron chi connectivity index (χ2n) is 2.50. The maximum atomic E-state index is 11.3. The van der Waals surface area contributed by atoms with Crippen LogP contribution in [0.5, 0.6) is 0 Å². The lowest BCUT2D eigenvalue weighted by Gasteiger charge is -2.25. The van der Waals surface area contributed by atoms with E-state index in [1.54, 1.807) is 19.1 Å². The number of amides is 2. The van der Waals surface area contributed by atoms with Gasteiger partial charge in [0.15, 0.2) is 0 Å². The molecule has 1 rings (SSSR count). The number of rotatable bonds is 2. The molecule has 1 aliphatic rings. The summed E-state index contributed by atoms with van der Waals surface area (Å²) >= 11 is 0. The van der Waals surface area contributed by atoms with Crippen molar-refractivity contribution in [3.05, 3.63) is 24.6 Å². The summed E-state index contributed by atoms with van der Waals surface area (Å²) in [5.74, 6) is 1.07. The zero-order chi connectivity index (χ0) is 9.84. The van der Waals surface area contributed by atoms with Crippen LogP contribution < -0.4 is 11.1 Å². The van der Waals surface area contributed by atoms with E-state index in [-0.39, 0.29) is 12.7 Å². The molecule has 0 unspecified atom stereocenters. The number of allylic oxidation sites excluding steroid dienone is 2. The summed E-state index contributed by atoms with van der Waals surface area (Å²) in [4.78, 5) is 16.7. The molecule has 0 saturated carbocycles. The summed E-state index contributed by atoms with van der Waals surface area (Å²) in [7, 11) is 0. The van der Waals surface area contributed by atoms with Crippen LogP contribution in [-0.2, 0) is 0 Å². The Kier molecular flexibility index (Phi) is 2.81. The Morgan fingerprint density at radius 1 is 1.77 bits per heavy atom. The first kappa shape index (κ1) is 9.47. The molecule has 13 heavy (non-hydrogen) atoms. The quantitative estimate of drug-likeness (QED) is 0.644. The molecule has 0 saturated heterocycles. The summed E-state index contributed by atoms with van der Waals surface area (Å²) < 4.78 is 0. The van der Waals surface area contributed by atoms with Crippen LogP contribution >= 0.6 is 0 Å². The van der Waals surface area contributed by atoms with E-state index in [0.29, 0.717) is 11.7 Å². The molecule has 0 aromatic rings. The molecule has 5 nitrogen and oxygen atoms in total. The van der Waals surface area contributed by atoms with Gasteiger partial charge in [-0.1, -0.05) is 12.7 Å². The van der Waals surface area contributed by atoms with Crippen molar-refractivity contribution in [2.24, 2.45) is 10.7 Å². The van der Waals surface area contributed by atoms with Crippen molar-refractivity contribution >= 4 is 11.9 Å². The van der Waals surface area contributed by atoms with E-state index in [2.05, 4.69) is 16.9 Å². The lowest BCUT2D eigenvalue weighted by atomic mass is 10.4. The predicted octanol–water partition coefficient (Wildman–Crippen LogP) is 0.374. The Balaban J connectivity index is 3.01.